The van der Waals surface area contributed by atoms with E-state index in [1.165, 1.54) is 6.20 Å². The summed E-state index contributed by atoms with van der Waals surface area (Å²) in [5, 5.41) is 9.84. The van der Waals surface area contributed by atoms with E-state index in [2.05, 4.69) is 14.9 Å². The van der Waals surface area contributed by atoms with Gasteiger partial charge in [-0.1, -0.05) is 17.7 Å². The van der Waals surface area contributed by atoms with Crippen LogP contribution in [0.25, 0.3) is 0 Å². The highest BCUT2D eigenvalue weighted by molar-refractivity contribution is 6.33. The van der Waals surface area contributed by atoms with Crippen LogP contribution >= 0.6 is 11.6 Å². The molecule has 0 aliphatic carbocycles. The number of rotatable bonds is 2. The van der Waals surface area contributed by atoms with Crippen molar-refractivity contribution in [3.8, 4) is 5.75 Å². The average molecular weight is 333 g/mol. The summed E-state index contributed by atoms with van der Waals surface area (Å²) in [6, 6.07) is 7.12. The molecule has 2 heterocycles. The van der Waals surface area contributed by atoms with E-state index in [9.17, 15) is 9.90 Å². The first-order chi connectivity index (χ1) is 11.0. The Labute approximate surface area is 139 Å². The number of phenols is 1. The number of carbonyl (C=O) groups excluding carboxylic acids is 1. The SMILES string of the molecule is Cc1ncc(Cl)c(C(=O)N2CCN(c3cccc(O)c3)CC2)n1. The minimum Gasteiger partial charge on any atom is -0.508 e. The summed E-state index contributed by atoms with van der Waals surface area (Å²) >= 11 is 6.04. The van der Waals surface area contributed by atoms with Crippen LogP contribution in [-0.4, -0.2) is 52.1 Å². The van der Waals surface area contributed by atoms with Gasteiger partial charge in [0, 0.05) is 37.9 Å². The van der Waals surface area contributed by atoms with Gasteiger partial charge < -0.3 is 14.9 Å². The first-order valence-electron chi connectivity index (χ1n) is 7.37. The molecule has 120 valence electrons. The van der Waals surface area contributed by atoms with Gasteiger partial charge in [-0.3, -0.25) is 4.79 Å². The molecule has 1 aromatic heterocycles. The molecule has 1 aromatic carbocycles. The minimum atomic E-state index is -0.170. The molecule has 0 unspecified atom stereocenters. The molecule has 3 rings (SSSR count). The van der Waals surface area contributed by atoms with Crippen molar-refractivity contribution in [1.82, 2.24) is 14.9 Å². The number of hydrogen-bond donors (Lipinski definition) is 1. The predicted octanol–water partition coefficient (Wildman–Crippen LogP) is 2.11. The van der Waals surface area contributed by atoms with E-state index in [-0.39, 0.29) is 22.4 Å². The maximum atomic E-state index is 12.6. The Morgan fingerprint density at radius 3 is 2.70 bits per heavy atom. The number of hydrogen-bond acceptors (Lipinski definition) is 5. The van der Waals surface area contributed by atoms with E-state index >= 15 is 0 Å². The number of aromatic nitrogens is 2. The van der Waals surface area contributed by atoms with Gasteiger partial charge in [0.25, 0.3) is 5.91 Å². The van der Waals surface area contributed by atoms with Gasteiger partial charge in [0.1, 0.15) is 11.6 Å². The summed E-state index contributed by atoms with van der Waals surface area (Å²) in [5.74, 6) is 0.594. The highest BCUT2D eigenvalue weighted by atomic mass is 35.5. The fourth-order valence-corrected chi connectivity index (χ4v) is 2.78. The molecule has 1 fully saturated rings. The molecular formula is C16H17ClN4O2. The lowest BCUT2D eigenvalue weighted by Crippen LogP contribution is -2.49. The molecule has 1 aliphatic rings. The topological polar surface area (TPSA) is 69.6 Å². The van der Waals surface area contributed by atoms with Crippen LogP contribution in [0.3, 0.4) is 0 Å². The predicted molar refractivity (Wildman–Crippen MR) is 88.0 cm³/mol. The largest absolute Gasteiger partial charge is 0.508 e. The molecule has 0 atom stereocenters. The van der Waals surface area contributed by atoms with Crippen molar-refractivity contribution in [2.45, 2.75) is 6.92 Å². The second kappa shape index (κ2) is 6.42. The Balaban J connectivity index is 1.69. The van der Waals surface area contributed by atoms with Gasteiger partial charge in [-0.05, 0) is 19.1 Å². The summed E-state index contributed by atoms with van der Waals surface area (Å²) < 4.78 is 0. The molecule has 0 spiro atoms. The summed E-state index contributed by atoms with van der Waals surface area (Å²) in [5.41, 5.74) is 1.21. The van der Waals surface area contributed by atoms with Crippen molar-refractivity contribution in [2.24, 2.45) is 0 Å². The van der Waals surface area contributed by atoms with E-state index in [0.717, 1.165) is 5.69 Å². The maximum absolute atomic E-state index is 12.6. The van der Waals surface area contributed by atoms with Crippen molar-refractivity contribution in [2.75, 3.05) is 31.1 Å². The molecule has 1 amide bonds. The molecule has 6 nitrogen and oxygen atoms in total. The molecule has 0 bridgehead atoms. The highest BCUT2D eigenvalue weighted by Crippen LogP contribution is 2.22. The first kappa shape index (κ1) is 15.6. The number of carbonyl (C=O) groups is 1. The second-order valence-corrected chi connectivity index (χ2v) is 5.82. The molecule has 7 heteroatoms. The Morgan fingerprint density at radius 1 is 1.26 bits per heavy atom. The summed E-state index contributed by atoms with van der Waals surface area (Å²) in [6.45, 7) is 4.27. The van der Waals surface area contributed by atoms with Crippen LogP contribution < -0.4 is 4.90 Å². The minimum absolute atomic E-state index is 0.170. The van der Waals surface area contributed by atoms with Gasteiger partial charge in [0.2, 0.25) is 0 Å². The zero-order valence-corrected chi connectivity index (χ0v) is 13.5. The molecule has 1 saturated heterocycles. The monoisotopic (exact) mass is 332 g/mol. The van der Waals surface area contributed by atoms with Crippen LogP contribution in [0.1, 0.15) is 16.3 Å². The van der Waals surface area contributed by atoms with Gasteiger partial charge in [0.05, 0.1) is 11.2 Å². The van der Waals surface area contributed by atoms with Gasteiger partial charge >= 0.3 is 0 Å². The smallest absolute Gasteiger partial charge is 0.274 e. The van der Waals surface area contributed by atoms with Gasteiger partial charge in [-0.25, -0.2) is 9.97 Å². The molecule has 1 N–H and O–H groups in total. The lowest BCUT2D eigenvalue weighted by molar-refractivity contribution is 0.0740. The van der Waals surface area contributed by atoms with Gasteiger partial charge in [-0.2, -0.15) is 0 Å². The standard InChI is InChI=1S/C16H17ClN4O2/c1-11-18-10-14(17)15(19-11)16(23)21-7-5-20(6-8-21)12-3-2-4-13(22)9-12/h2-4,9-10,22H,5-8H2,1H3. The Kier molecular flexibility index (Phi) is 4.34. The fraction of sp³-hybridized carbons (Fsp3) is 0.312. The lowest BCUT2D eigenvalue weighted by atomic mass is 10.2. The van der Waals surface area contributed by atoms with Crippen LogP contribution in [0.5, 0.6) is 5.75 Å². The molecular weight excluding hydrogens is 316 g/mol. The van der Waals surface area contributed by atoms with E-state index in [1.54, 1.807) is 24.0 Å². The van der Waals surface area contributed by atoms with E-state index < -0.39 is 0 Å². The highest BCUT2D eigenvalue weighted by Gasteiger charge is 2.25. The first-order valence-corrected chi connectivity index (χ1v) is 7.75. The van der Waals surface area contributed by atoms with Crippen molar-refractivity contribution in [3.05, 3.63) is 47.0 Å². The number of piperazine rings is 1. The molecule has 1 aliphatic heterocycles. The Morgan fingerprint density at radius 2 is 2.00 bits per heavy atom. The summed E-state index contributed by atoms with van der Waals surface area (Å²) in [4.78, 5) is 24.6. The van der Waals surface area contributed by atoms with E-state index in [0.29, 0.717) is 32.0 Å². The van der Waals surface area contributed by atoms with Crippen LogP contribution in [0.2, 0.25) is 5.02 Å². The van der Waals surface area contributed by atoms with E-state index in [1.807, 2.05) is 12.1 Å². The number of benzene rings is 1. The molecule has 2 aromatic rings. The zero-order chi connectivity index (χ0) is 16.4. The van der Waals surface area contributed by atoms with Crippen molar-refractivity contribution >= 4 is 23.2 Å². The maximum Gasteiger partial charge on any atom is 0.274 e. The third-order valence-corrected chi connectivity index (χ3v) is 4.11. The van der Waals surface area contributed by atoms with Crippen LogP contribution in [0.15, 0.2) is 30.5 Å². The molecule has 23 heavy (non-hydrogen) atoms. The van der Waals surface area contributed by atoms with Crippen molar-refractivity contribution < 1.29 is 9.90 Å². The van der Waals surface area contributed by atoms with Crippen molar-refractivity contribution in [3.63, 3.8) is 0 Å². The number of aromatic hydroxyl groups is 1. The number of amides is 1. The zero-order valence-electron chi connectivity index (χ0n) is 12.7. The number of phenolic OH excluding ortho intramolecular Hbond substituents is 1. The Bertz CT molecular complexity index is 730. The Hall–Kier alpha value is -2.34. The number of halogens is 1. The third-order valence-electron chi connectivity index (χ3n) is 3.83. The number of nitrogens with zero attached hydrogens (tertiary/aromatic N) is 4. The molecule has 0 radical (unpaired) electrons. The van der Waals surface area contributed by atoms with Crippen LogP contribution in [-0.2, 0) is 0 Å². The third kappa shape index (κ3) is 3.37. The van der Waals surface area contributed by atoms with Crippen LogP contribution in [0.4, 0.5) is 5.69 Å². The number of anilines is 1. The van der Waals surface area contributed by atoms with Crippen LogP contribution in [0, 0.1) is 6.92 Å². The average Bonchev–Trinajstić information content (AvgIpc) is 2.56. The lowest BCUT2D eigenvalue weighted by Gasteiger charge is -2.36. The fourth-order valence-electron chi connectivity index (χ4n) is 2.61. The van der Waals surface area contributed by atoms with Gasteiger partial charge in [0.15, 0.2) is 5.69 Å². The normalized spacial score (nSPS) is 14.9. The summed E-state index contributed by atoms with van der Waals surface area (Å²) in [7, 11) is 0. The molecule has 0 saturated carbocycles. The number of aryl methyl sites for hydroxylation is 1. The quantitative estimate of drug-likeness (QED) is 0.912. The van der Waals surface area contributed by atoms with E-state index in [4.69, 9.17) is 11.6 Å². The van der Waals surface area contributed by atoms with Gasteiger partial charge in [-0.15, -0.1) is 0 Å². The van der Waals surface area contributed by atoms with Crippen molar-refractivity contribution in [1.29, 1.82) is 0 Å². The summed E-state index contributed by atoms with van der Waals surface area (Å²) in [6.07, 6.45) is 1.46. The second-order valence-electron chi connectivity index (χ2n) is 5.41.